The van der Waals surface area contributed by atoms with Gasteiger partial charge in [0.2, 0.25) is 0 Å². The molecule has 0 spiro atoms. The Balaban J connectivity index is 3.23. The molecule has 0 nitrogen and oxygen atoms in total. The van der Waals surface area contributed by atoms with Gasteiger partial charge in [0.05, 0.1) is 0 Å². The van der Waals surface area contributed by atoms with Crippen LogP contribution in [0.5, 0.6) is 0 Å². The molecule has 0 aliphatic carbocycles. The first-order valence-corrected chi connectivity index (χ1v) is 3.20. The van der Waals surface area contributed by atoms with E-state index in [-0.39, 0.29) is 0 Å². The summed E-state index contributed by atoms with van der Waals surface area (Å²) in [4.78, 5) is 0. The van der Waals surface area contributed by atoms with Gasteiger partial charge in [-0.15, -0.1) is 6.42 Å². The predicted molar refractivity (Wildman–Crippen MR) is 42.7 cm³/mol. The Bertz CT molecular complexity index is 277. The van der Waals surface area contributed by atoms with Crippen LogP contribution in [0.1, 0.15) is 16.7 Å². The summed E-state index contributed by atoms with van der Waals surface area (Å²) in [6, 6.07) is 7.07. The zero-order valence-corrected chi connectivity index (χ0v) is 6.23. The van der Waals surface area contributed by atoms with Crippen molar-refractivity contribution in [2.75, 3.05) is 0 Å². The Morgan fingerprint density at radius 3 is 2.60 bits per heavy atom. The van der Waals surface area contributed by atoms with Crippen LogP contribution in [0.25, 0.3) is 0 Å². The largest absolute Gasteiger partial charge is 0.115 e. The summed E-state index contributed by atoms with van der Waals surface area (Å²) in [6.07, 6.45) is 5.23. The third kappa shape index (κ3) is 1.19. The van der Waals surface area contributed by atoms with Gasteiger partial charge in [-0.1, -0.05) is 12.0 Å². The normalized spacial score (nSPS) is 8.90. The average Bonchev–Trinajstić information content (AvgIpc) is 1.88. The lowest BCUT2D eigenvalue weighted by atomic mass is 10.1. The molecule has 0 aliphatic rings. The standard InChI is InChI=1S/C10H9/c1-4-10-6-5-8(2)7-9(10)3/h1,5-6H,2-3H3. The number of benzene rings is 1. The average molecular weight is 129 g/mol. The maximum absolute atomic E-state index is 5.23. The number of rotatable bonds is 0. The van der Waals surface area contributed by atoms with Gasteiger partial charge in [0, 0.05) is 5.56 Å². The second-order valence-electron chi connectivity index (χ2n) is 2.32. The van der Waals surface area contributed by atoms with Crippen molar-refractivity contribution >= 4 is 0 Å². The number of terminal acetylenes is 1. The lowest BCUT2D eigenvalue weighted by Crippen LogP contribution is -1.82. The lowest BCUT2D eigenvalue weighted by Gasteiger charge is -1.96. The molecule has 0 amide bonds. The summed E-state index contributed by atoms with van der Waals surface area (Å²) in [5, 5.41) is 0. The Morgan fingerprint density at radius 2 is 2.10 bits per heavy atom. The molecular weight excluding hydrogens is 120 g/mol. The fourth-order valence-corrected chi connectivity index (χ4v) is 0.894. The van der Waals surface area contributed by atoms with E-state index in [1.54, 1.807) is 0 Å². The molecule has 0 aromatic heterocycles. The van der Waals surface area contributed by atoms with E-state index in [9.17, 15) is 0 Å². The van der Waals surface area contributed by atoms with Gasteiger partial charge >= 0.3 is 0 Å². The molecule has 0 unspecified atom stereocenters. The molecule has 0 heterocycles. The topological polar surface area (TPSA) is 0 Å². The highest BCUT2D eigenvalue weighted by molar-refractivity contribution is 5.40. The molecule has 1 rings (SSSR count). The number of aryl methyl sites for hydroxylation is 2. The van der Waals surface area contributed by atoms with Crippen LogP contribution in [0.2, 0.25) is 0 Å². The van der Waals surface area contributed by atoms with Crippen LogP contribution < -0.4 is 0 Å². The van der Waals surface area contributed by atoms with E-state index in [0.29, 0.717) is 0 Å². The van der Waals surface area contributed by atoms with Crippen molar-refractivity contribution in [1.29, 1.82) is 0 Å². The van der Waals surface area contributed by atoms with Gasteiger partial charge in [-0.2, -0.15) is 0 Å². The summed E-state index contributed by atoms with van der Waals surface area (Å²) in [5.74, 6) is 2.59. The zero-order chi connectivity index (χ0) is 7.56. The molecule has 0 heteroatoms. The molecule has 0 saturated carbocycles. The predicted octanol–water partition coefficient (Wildman–Crippen LogP) is 2.08. The zero-order valence-electron chi connectivity index (χ0n) is 6.23. The fraction of sp³-hybridized carbons (Fsp3) is 0.200. The quantitative estimate of drug-likeness (QED) is 0.470. The van der Waals surface area contributed by atoms with Crippen LogP contribution in [-0.2, 0) is 0 Å². The molecule has 0 bridgehead atoms. The molecule has 0 fully saturated rings. The van der Waals surface area contributed by atoms with Gasteiger partial charge in [-0.05, 0) is 37.1 Å². The first-order valence-electron chi connectivity index (χ1n) is 3.20. The third-order valence-corrected chi connectivity index (χ3v) is 1.44. The second-order valence-corrected chi connectivity index (χ2v) is 2.32. The summed E-state index contributed by atoms with van der Waals surface area (Å²) < 4.78 is 0. The van der Waals surface area contributed by atoms with Gasteiger partial charge in [0.1, 0.15) is 0 Å². The number of hydrogen-bond donors (Lipinski definition) is 0. The van der Waals surface area contributed by atoms with Crippen LogP contribution >= 0.6 is 0 Å². The number of hydrogen-bond acceptors (Lipinski definition) is 0. The van der Waals surface area contributed by atoms with Crippen LogP contribution in [0.3, 0.4) is 0 Å². The molecule has 1 radical (unpaired) electrons. The summed E-state index contributed by atoms with van der Waals surface area (Å²) in [7, 11) is 0. The molecule has 1 aromatic rings. The summed E-state index contributed by atoms with van der Waals surface area (Å²) in [6.45, 7) is 3.98. The van der Waals surface area contributed by atoms with Gasteiger partial charge in [-0.25, -0.2) is 0 Å². The third-order valence-electron chi connectivity index (χ3n) is 1.44. The van der Waals surface area contributed by atoms with E-state index in [2.05, 4.69) is 12.0 Å². The first-order chi connectivity index (χ1) is 4.74. The van der Waals surface area contributed by atoms with E-state index < -0.39 is 0 Å². The Morgan fingerprint density at radius 1 is 1.40 bits per heavy atom. The fourth-order valence-electron chi connectivity index (χ4n) is 0.894. The van der Waals surface area contributed by atoms with Gasteiger partial charge in [0.25, 0.3) is 0 Å². The molecule has 1 aromatic carbocycles. The Kier molecular flexibility index (Phi) is 1.78. The van der Waals surface area contributed by atoms with Crippen LogP contribution in [0.4, 0.5) is 0 Å². The van der Waals surface area contributed by atoms with Crippen LogP contribution in [-0.4, -0.2) is 0 Å². The first kappa shape index (κ1) is 6.89. The molecule has 0 atom stereocenters. The van der Waals surface area contributed by atoms with Crippen LogP contribution in [0, 0.1) is 32.3 Å². The van der Waals surface area contributed by atoms with Crippen LogP contribution in [0.15, 0.2) is 12.1 Å². The van der Waals surface area contributed by atoms with Gasteiger partial charge < -0.3 is 0 Å². The van der Waals surface area contributed by atoms with E-state index in [0.717, 1.165) is 16.7 Å². The maximum atomic E-state index is 5.23. The minimum atomic E-state index is 0.936. The summed E-state index contributed by atoms with van der Waals surface area (Å²) >= 11 is 0. The monoisotopic (exact) mass is 129 g/mol. The highest BCUT2D eigenvalue weighted by Gasteiger charge is 1.92. The van der Waals surface area contributed by atoms with Gasteiger partial charge in [0.15, 0.2) is 0 Å². The van der Waals surface area contributed by atoms with E-state index >= 15 is 0 Å². The van der Waals surface area contributed by atoms with Gasteiger partial charge in [-0.3, -0.25) is 0 Å². The van der Waals surface area contributed by atoms with Crippen molar-refractivity contribution in [2.24, 2.45) is 0 Å². The van der Waals surface area contributed by atoms with Crippen molar-refractivity contribution in [1.82, 2.24) is 0 Å². The second kappa shape index (κ2) is 2.58. The molecule has 0 N–H and O–H groups in total. The highest BCUT2D eigenvalue weighted by Crippen LogP contribution is 2.07. The SMILES string of the molecule is C#Cc1ccc(C)[c]c1C. The van der Waals surface area contributed by atoms with Crippen molar-refractivity contribution in [3.63, 3.8) is 0 Å². The van der Waals surface area contributed by atoms with Crippen molar-refractivity contribution in [3.05, 3.63) is 34.9 Å². The van der Waals surface area contributed by atoms with Crippen molar-refractivity contribution in [3.8, 4) is 12.3 Å². The molecule has 10 heavy (non-hydrogen) atoms. The molecular formula is C10H9. The highest BCUT2D eigenvalue weighted by atomic mass is 14.0. The maximum Gasteiger partial charge on any atom is 0.0278 e. The molecule has 49 valence electrons. The van der Waals surface area contributed by atoms with Crippen molar-refractivity contribution in [2.45, 2.75) is 13.8 Å². The minimum Gasteiger partial charge on any atom is -0.115 e. The molecule has 0 saturated heterocycles. The molecule has 0 aliphatic heterocycles. The van der Waals surface area contributed by atoms with E-state index in [4.69, 9.17) is 6.42 Å². The smallest absolute Gasteiger partial charge is 0.0278 e. The Hall–Kier alpha value is -1.22. The van der Waals surface area contributed by atoms with E-state index in [1.165, 1.54) is 0 Å². The Labute approximate surface area is 61.9 Å². The van der Waals surface area contributed by atoms with Crippen molar-refractivity contribution < 1.29 is 0 Å². The van der Waals surface area contributed by atoms with E-state index in [1.807, 2.05) is 26.0 Å². The summed E-state index contributed by atoms with van der Waals surface area (Å²) in [5.41, 5.74) is 3.13. The lowest BCUT2D eigenvalue weighted by molar-refractivity contribution is 1.35. The minimum absolute atomic E-state index is 0.936.